The fourth-order valence-corrected chi connectivity index (χ4v) is 4.44. The van der Waals surface area contributed by atoms with Crippen LogP contribution >= 0.6 is 11.3 Å². The molecule has 1 saturated heterocycles. The van der Waals surface area contributed by atoms with Gasteiger partial charge in [0.1, 0.15) is 16.4 Å². The molecule has 4 rings (SSSR count). The standard InChI is InChI=1S/C19H20FN5O2S/c1-24-11-14(16(23-24)27-2)19(26)25-9-5-6-12(10-25)17-21-22-18(28-17)13-7-3-4-8-15(13)20/h3-4,7-8,11-12H,5-6,9-10H2,1-2H3. The fraction of sp³-hybridized carbons (Fsp3) is 0.368. The van der Waals surface area contributed by atoms with Crippen LogP contribution < -0.4 is 4.74 Å². The highest BCUT2D eigenvalue weighted by Gasteiger charge is 2.30. The van der Waals surface area contributed by atoms with Gasteiger partial charge in [0.05, 0.1) is 7.11 Å². The number of carbonyl (C=O) groups is 1. The number of rotatable bonds is 4. The summed E-state index contributed by atoms with van der Waals surface area (Å²) in [6, 6.07) is 6.55. The first-order valence-corrected chi connectivity index (χ1v) is 9.83. The lowest BCUT2D eigenvalue weighted by Gasteiger charge is -2.31. The molecule has 0 aliphatic carbocycles. The second kappa shape index (κ2) is 7.67. The van der Waals surface area contributed by atoms with Crippen LogP contribution in [0.15, 0.2) is 30.5 Å². The third-order valence-corrected chi connectivity index (χ3v) is 5.94. The lowest BCUT2D eigenvalue weighted by molar-refractivity contribution is 0.0703. The molecule has 1 aromatic carbocycles. The highest BCUT2D eigenvalue weighted by atomic mass is 32.1. The van der Waals surface area contributed by atoms with Crippen LogP contribution in [0.5, 0.6) is 5.88 Å². The number of aromatic nitrogens is 4. The van der Waals surface area contributed by atoms with Crippen molar-refractivity contribution in [2.24, 2.45) is 7.05 Å². The maximum atomic E-state index is 14.0. The van der Waals surface area contributed by atoms with Crippen molar-refractivity contribution < 1.29 is 13.9 Å². The normalized spacial score (nSPS) is 17.0. The Morgan fingerprint density at radius 3 is 2.93 bits per heavy atom. The molecule has 1 fully saturated rings. The van der Waals surface area contributed by atoms with Gasteiger partial charge < -0.3 is 9.64 Å². The molecule has 3 aromatic rings. The Morgan fingerprint density at radius 2 is 2.14 bits per heavy atom. The summed E-state index contributed by atoms with van der Waals surface area (Å²) in [5.41, 5.74) is 0.907. The number of aryl methyl sites for hydroxylation is 1. The van der Waals surface area contributed by atoms with Crippen molar-refractivity contribution in [2.45, 2.75) is 18.8 Å². The Balaban J connectivity index is 1.53. The smallest absolute Gasteiger partial charge is 0.260 e. The topological polar surface area (TPSA) is 73.1 Å². The third kappa shape index (κ3) is 3.49. The van der Waals surface area contributed by atoms with Gasteiger partial charge in [0.25, 0.3) is 5.91 Å². The van der Waals surface area contributed by atoms with Gasteiger partial charge in [-0.15, -0.1) is 15.3 Å². The van der Waals surface area contributed by atoms with Crippen LogP contribution in [0.3, 0.4) is 0 Å². The number of hydrogen-bond acceptors (Lipinski definition) is 6. The summed E-state index contributed by atoms with van der Waals surface area (Å²) in [6.45, 7) is 1.22. The summed E-state index contributed by atoms with van der Waals surface area (Å²) in [7, 11) is 3.26. The van der Waals surface area contributed by atoms with Gasteiger partial charge in [-0.1, -0.05) is 23.5 Å². The Hall–Kier alpha value is -2.81. The van der Waals surface area contributed by atoms with Crippen molar-refractivity contribution in [3.8, 4) is 16.5 Å². The monoisotopic (exact) mass is 401 g/mol. The van der Waals surface area contributed by atoms with Crippen LogP contribution in [0.2, 0.25) is 0 Å². The third-order valence-electron chi connectivity index (χ3n) is 4.82. The fourth-order valence-electron chi connectivity index (χ4n) is 3.44. The number of amides is 1. The van der Waals surface area contributed by atoms with Gasteiger partial charge in [-0.3, -0.25) is 9.48 Å². The lowest BCUT2D eigenvalue weighted by atomic mass is 9.98. The number of benzene rings is 1. The first kappa shape index (κ1) is 18.5. The number of likely N-dealkylation sites (tertiary alicyclic amines) is 1. The van der Waals surface area contributed by atoms with E-state index in [-0.39, 0.29) is 17.6 Å². The first-order chi connectivity index (χ1) is 13.6. The zero-order valence-corrected chi connectivity index (χ0v) is 16.4. The van der Waals surface area contributed by atoms with Crippen LogP contribution in [0.4, 0.5) is 4.39 Å². The van der Waals surface area contributed by atoms with E-state index in [1.807, 2.05) is 0 Å². The van der Waals surface area contributed by atoms with E-state index in [1.54, 1.807) is 41.0 Å². The van der Waals surface area contributed by atoms with Crippen molar-refractivity contribution >= 4 is 17.2 Å². The molecular weight excluding hydrogens is 381 g/mol. The van der Waals surface area contributed by atoms with Gasteiger partial charge in [-0.05, 0) is 25.0 Å². The van der Waals surface area contributed by atoms with Crippen LogP contribution in [-0.4, -0.2) is 51.0 Å². The number of halogens is 1. The van der Waals surface area contributed by atoms with Gasteiger partial charge >= 0.3 is 0 Å². The highest BCUT2D eigenvalue weighted by molar-refractivity contribution is 7.14. The lowest BCUT2D eigenvalue weighted by Crippen LogP contribution is -2.39. The average Bonchev–Trinajstić information content (AvgIpc) is 3.34. The van der Waals surface area contributed by atoms with E-state index < -0.39 is 0 Å². The van der Waals surface area contributed by atoms with Crippen LogP contribution in [0.1, 0.15) is 34.1 Å². The number of hydrogen-bond donors (Lipinski definition) is 0. The van der Waals surface area contributed by atoms with Gasteiger partial charge in [0.15, 0.2) is 5.01 Å². The summed E-state index contributed by atoms with van der Waals surface area (Å²) in [4.78, 5) is 14.8. The van der Waals surface area contributed by atoms with Gasteiger partial charge in [-0.2, -0.15) is 0 Å². The van der Waals surface area contributed by atoms with Crippen molar-refractivity contribution in [3.05, 3.63) is 46.9 Å². The minimum atomic E-state index is -0.311. The van der Waals surface area contributed by atoms with E-state index >= 15 is 0 Å². The maximum absolute atomic E-state index is 14.0. The van der Waals surface area contributed by atoms with Crippen molar-refractivity contribution in [2.75, 3.05) is 20.2 Å². The number of methoxy groups -OCH3 is 1. The van der Waals surface area contributed by atoms with E-state index in [4.69, 9.17) is 4.74 Å². The summed E-state index contributed by atoms with van der Waals surface area (Å²) < 4.78 is 20.8. The molecule has 9 heteroatoms. The van der Waals surface area contributed by atoms with E-state index in [2.05, 4.69) is 15.3 Å². The molecule has 146 valence electrons. The molecule has 0 bridgehead atoms. The molecule has 0 saturated carbocycles. The Bertz CT molecular complexity index is 1000. The quantitative estimate of drug-likeness (QED) is 0.672. The van der Waals surface area contributed by atoms with E-state index in [9.17, 15) is 9.18 Å². The van der Waals surface area contributed by atoms with Crippen LogP contribution in [-0.2, 0) is 7.05 Å². The van der Waals surface area contributed by atoms with Gasteiger partial charge in [0.2, 0.25) is 5.88 Å². The van der Waals surface area contributed by atoms with Gasteiger partial charge in [-0.25, -0.2) is 4.39 Å². The zero-order valence-electron chi connectivity index (χ0n) is 15.6. The number of piperidine rings is 1. The van der Waals surface area contributed by atoms with E-state index in [1.165, 1.54) is 24.5 Å². The summed E-state index contributed by atoms with van der Waals surface area (Å²) in [5, 5.41) is 14.0. The Labute approximate surface area is 165 Å². The molecule has 1 aliphatic rings. The van der Waals surface area contributed by atoms with Crippen molar-refractivity contribution in [1.29, 1.82) is 0 Å². The molecule has 1 atom stereocenters. The second-order valence-corrected chi connectivity index (χ2v) is 7.75. The molecule has 3 heterocycles. The van der Waals surface area contributed by atoms with E-state index in [0.29, 0.717) is 35.1 Å². The minimum Gasteiger partial charge on any atom is -0.479 e. The SMILES string of the molecule is COc1nn(C)cc1C(=O)N1CCCC(c2nnc(-c3ccccc3F)s2)C1. The molecule has 0 N–H and O–H groups in total. The molecule has 1 unspecified atom stereocenters. The number of carbonyl (C=O) groups excluding carboxylic acids is 1. The van der Waals surface area contributed by atoms with Crippen LogP contribution in [0, 0.1) is 5.82 Å². The number of nitrogens with zero attached hydrogens (tertiary/aromatic N) is 5. The summed E-state index contributed by atoms with van der Waals surface area (Å²) in [5.74, 6) is -0.00594. The largest absolute Gasteiger partial charge is 0.479 e. The zero-order chi connectivity index (χ0) is 19.7. The predicted octanol–water partition coefficient (Wildman–Crippen LogP) is 3.11. The first-order valence-electron chi connectivity index (χ1n) is 9.02. The molecule has 28 heavy (non-hydrogen) atoms. The van der Waals surface area contributed by atoms with Crippen molar-refractivity contribution in [1.82, 2.24) is 24.9 Å². The molecule has 1 amide bonds. The van der Waals surface area contributed by atoms with E-state index in [0.717, 1.165) is 17.8 Å². The molecular formula is C19H20FN5O2S. The Kier molecular flexibility index (Phi) is 5.08. The molecule has 7 nitrogen and oxygen atoms in total. The minimum absolute atomic E-state index is 0.0818. The molecule has 2 aromatic heterocycles. The predicted molar refractivity (Wildman–Crippen MR) is 103 cm³/mol. The summed E-state index contributed by atoms with van der Waals surface area (Å²) >= 11 is 1.39. The average molecular weight is 401 g/mol. The molecule has 0 spiro atoms. The maximum Gasteiger partial charge on any atom is 0.260 e. The Morgan fingerprint density at radius 1 is 1.32 bits per heavy atom. The highest BCUT2D eigenvalue weighted by Crippen LogP contribution is 2.34. The van der Waals surface area contributed by atoms with Crippen molar-refractivity contribution in [3.63, 3.8) is 0 Å². The van der Waals surface area contributed by atoms with Crippen LogP contribution in [0.25, 0.3) is 10.6 Å². The molecule has 1 aliphatic heterocycles. The number of ether oxygens (including phenoxy) is 1. The summed E-state index contributed by atoms with van der Waals surface area (Å²) in [6.07, 6.45) is 3.46. The molecule has 0 radical (unpaired) electrons. The van der Waals surface area contributed by atoms with Gasteiger partial charge in [0, 0.05) is 37.8 Å². The second-order valence-electron chi connectivity index (χ2n) is 6.74.